The van der Waals surface area contributed by atoms with Crippen molar-refractivity contribution in [3.63, 3.8) is 0 Å². The van der Waals surface area contributed by atoms with Crippen LogP contribution in [0.25, 0.3) is 0 Å². The monoisotopic (exact) mass is 286 g/mol. The van der Waals surface area contributed by atoms with Crippen molar-refractivity contribution in [1.82, 2.24) is 14.7 Å². The van der Waals surface area contributed by atoms with Crippen LogP contribution in [0.15, 0.2) is 27.6 Å². The second kappa shape index (κ2) is 5.42. The van der Waals surface area contributed by atoms with Gasteiger partial charge in [-0.05, 0) is 6.07 Å². The molecule has 0 radical (unpaired) electrons. The summed E-state index contributed by atoms with van der Waals surface area (Å²) < 4.78 is 12.1. The lowest BCUT2D eigenvalue weighted by atomic mass is 10.2. The third kappa shape index (κ3) is 2.66. The first-order valence-electron chi connectivity index (χ1n) is 6.54. The number of methoxy groups -OCH3 is 1. The van der Waals surface area contributed by atoms with Gasteiger partial charge in [0.2, 0.25) is 11.2 Å². The zero-order valence-electron chi connectivity index (χ0n) is 11.6. The highest BCUT2D eigenvalue weighted by Crippen LogP contribution is 2.16. The molecule has 0 bridgehead atoms. The molecule has 3 rings (SSSR count). The van der Waals surface area contributed by atoms with E-state index >= 15 is 0 Å². The van der Waals surface area contributed by atoms with Gasteiger partial charge < -0.3 is 9.15 Å². The lowest BCUT2D eigenvalue weighted by Crippen LogP contribution is -2.33. The van der Waals surface area contributed by atoms with E-state index in [1.165, 1.54) is 19.4 Å². The van der Waals surface area contributed by atoms with Crippen LogP contribution in [0.3, 0.4) is 0 Å². The van der Waals surface area contributed by atoms with Crippen molar-refractivity contribution in [2.24, 2.45) is 0 Å². The molecule has 0 fully saturated rings. The highest BCUT2D eigenvalue weighted by Gasteiger charge is 2.19. The standard InChI is InChI=1S/C14H14N4O3/c1-20-14-9-21-12(5-13(14)19)8-17-2-3-18-11(7-17)4-10(6-15)16-18/h4-5,9H,2-3,7-8H2,1H3. The summed E-state index contributed by atoms with van der Waals surface area (Å²) in [6.45, 7) is 2.71. The van der Waals surface area contributed by atoms with E-state index in [2.05, 4.69) is 10.00 Å². The van der Waals surface area contributed by atoms with Gasteiger partial charge in [0.25, 0.3) is 0 Å². The fourth-order valence-corrected chi connectivity index (χ4v) is 2.40. The topological polar surface area (TPSA) is 84.3 Å². The highest BCUT2D eigenvalue weighted by molar-refractivity contribution is 5.23. The van der Waals surface area contributed by atoms with Crippen LogP contribution >= 0.6 is 0 Å². The largest absolute Gasteiger partial charge is 0.490 e. The highest BCUT2D eigenvalue weighted by atomic mass is 16.5. The van der Waals surface area contributed by atoms with Gasteiger partial charge in [-0.15, -0.1) is 0 Å². The van der Waals surface area contributed by atoms with Crippen LogP contribution in [0.2, 0.25) is 0 Å². The lowest BCUT2D eigenvalue weighted by Gasteiger charge is -2.26. The molecule has 0 amide bonds. The maximum Gasteiger partial charge on any atom is 0.227 e. The fraction of sp³-hybridized carbons (Fsp3) is 0.357. The molecule has 0 aliphatic carbocycles. The van der Waals surface area contributed by atoms with Crippen molar-refractivity contribution >= 4 is 0 Å². The summed E-state index contributed by atoms with van der Waals surface area (Å²) in [5.74, 6) is 0.795. The van der Waals surface area contributed by atoms with Gasteiger partial charge in [-0.3, -0.25) is 14.4 Å². The minimum absolute atomic E-state index is 0.187. The number of nitriles is 1. The summed E-state index contributed by atoms with van der Waals surface area (Å²) in [5, 5.41) is 13.1. The molecular formula is C14H14N4O3. The Morgan fingerprint density at radius 3 is 3.05 bits per heavy atom. The van der Waals surface area contributed by atoms with Crippen LogP contribution in [0, 0.1) is 11.3 Å². The zero-order valence-corrected chi connectivity index (χ0v) is 11.6. The van der Waals surface area contributed by atoms with Crippen molar-refractivity contribution in [3.05, 3.63) is 45.8 Å². The molecule has 2 aromatic rings. The van der Waals surface area contributed by atoms with Crippen LogP contribution in [0.4, 0.5) is 0 Å². The molecule has 0 aromatic carbocycles. The first-order chi connectivity index (χ1) is 10.2. The molecule has 21 heavy (non-hydrogen) atoms. The Morgan fingerprint density at radius 2 is 2.33 bits per heavy atom. The van der Waals surface area contributed by atoms with Crippen LogP contribution < -0.4 is 10.2 Å². The second-order valence-electron chi connectivity index (χ2n) is 4.85. The number of hydrogen-bond donors (Lipinski definition) is 0. The summed E-state index contributed by atoms with van der Waals surface area (Å²) in [4.78, 5) is 13.8. The minimum atomic E-state index is -0.187. The molecule has 0 unspecified atom stereocenters. The Kier molecular flexibility index (Phi) is 3.46. The van der Waals surface area contributed by atoms with Crippen LogP contribution in [0.5, 0.6) is 5.75 Å². The fourth-order valence-electron chi connectivity index (χ4n) is 2.40. The molecular weight excluding hydrogens is 272 g/mol. The first-order valence-corrected chi connectivity index (χ1v) is 6.54. The van der Waals surface area contributed by atoms with E-state index in [0.717, 1.165) is 18.8 Å². The molecule has 7 heteroatoms. The van der Waals surface area contributed by atoms with Gasteiger partial charge in [0.05, 0.1) is 25.9 Å². The molecule has 0 saturated heterocycles. The molecule has 0 saturated carbocycles. The van der Waals surface area contributed by atoms with Gasteiger partial charge in [-0.2, -0.15) is 10.4 Å². The normalized spacial score (nSPS) is 14.5. The first kappa shape index (κ1) is 13.4. The van der Waals surface area contributed by atoms with Crippen molar-refractivity contribution in [3.8, 4) is 11.8 Å². The van der Waals surface area contributed by atoms with Crippen molar-refractivity contribution in [2.45, 2.75) is 19.6 Å². The van der Waals surface area contributed by atoms with Crippen LogP contribution in [-0.2, 0) is 19.6 Å². The molecule has 7 nitrogen and oxygen atoms in total. The number of rotatable bonds is 3. The summed E-state index contributed by atoms with van der Waals surface area (Å²) in [6, 6.07) is 5.28. The molecule has 0 N–H and O–H groups in total. The van der Waals surface area contributed by atoms with E-state index in [-0.39, 0.29) is 11.2 Å². The van der Waals surface area contributed by atoms with Gasteiger partial charge in [0.1, 0.15) is 18.1 Å². The van der Waals surface area contributed by atoms with E-state index in [9.17, 15) is 4.79 Å². The summed E-state index contributed by atoms with van der Waals surface area (Å²) in [5.41, 5.74) is 1.24. The summed E-state index contributed by atoms with van der Waals surface area (Å²) >= 11 is 0. The number of fused-ring (bicyclic) bond motifs is 1. The Labute approximate surface area is 121 Å². The molecule has 1 aliphatic rings. The van der Waals surface area contributed by atoms with E-state index in [4.69, 9.17) is 14.4 Å². The predicted octanol–water partition coefficient (Wildman–Crippen LogP) is 0.732. The van der Waals surface area contributed by atoms with Gasteiger partial charge in [0, 0.05) is 19.2 Å². The SMILES string of the molecule is COc1coc(CN2CCn3nc(C#N)cc3C2)cc1=O. The Hall–Kier alpha value is -2.59. The molecule has 3 heterocycles. The zero-order chi connectivity index (χ0) is 14.8. The van der Waals surface area contributed by atoms with E-state index in [1.807, 2.05) is 10.8 Å². The smallest absolute Gasteiger partial charge is 0.227 e. The third-order valence-corrected chi connectivity index (χ3v) is 3.44. The Bertz CT molecular complexity index is 756. The van der Waals surface area contributed by atoms with Crippen LogP contribution in [0.1, 0.15) is 17.1 Å². The average molecular weight is 286 g/mol. The van der Waals surface area contributed by atoms with Gasteiger partial charge in [0.15, 0.2) is 5.69 Å². The molecule has 0 spiro atoms. The maximum atomic E-state index is 11.7. The molecule has 108 valence electrons. The Morgan fingerprint density at radius 1 is 1.48 bits per heavy atom. The van der Waals surface area contributed by atoms with Crippen molar-refractivity contribution in [2.75, 3.05) is 13.7 Å². The van der Waals surface area contributed by atoms with E-state index < -0.39 is 0 Å². The number of hydrogen-bond acceptors (Lipinski definition) is 6. The third-order valence-electron chi connectivity index (χ3n) is 3.44. The summed E-state index contributed by atoms with van der Waals surface area (Å²) in [6.07, 6.45) is 1.33. The summed E-state index contributed by atoms with van der Waals surface area (Å²) in [7, 11) is 1.44. The molecule has 0 atom stereocenters. The predicted molar refractivity (Wildman–Crippen MR) is 72.6 cm³/mol. The number of nitrogens with zero attached hydrogens (tertiary/aromatic N) is 4. The van der Waals surface area contributed by atoms with Gasteiger partial charge >= 0.3 is 0 Å². The van der Waals surface area contributed by atoms with Crippen molar-refractivity contribution < 1.29 is 9.15 Å². The van der Waals surface area contributed by atoms with Crippen molar-refractivity contribution in [1.29, 1.82) is 5.26 Å². The van der Waals surface area contributed by atoms with Gasteiger partial charge in [-0.25, -0.2) is 0 Å². The second-order valence-corrected chi connectivity index (χ2v) is 4.85. The lowest BCUT2D eigenvalue weighted by molar-refractivity contribution is 0.188. The average Bonchev–Trinajstić information content (AvgIpc) is 2.90. The van der Waals surface area contributed by atoms with E-state index in [0.29, 0.717) is 24.5 Å². The maximum absolute atomic E-state index is 11.7. The Balaban J connectivity index is 1.74. The molecule has 2 aromatic heterocycles. The van der Waals surface area contributed by atoms with Gasteiger partial charge in [-0.1, -0.05) is 0 Å². The molecule has 1 aliphatic heterocycles. The number of ether oxygens (including phenoxy) is 1. The number of aromatic nitrogens is 2. The van der Waals surface area contributed by atoms with Crippen LogP contribution in [-0.4, -0.2) is 28.3 Å². The van der Waals surface area contributed by atoms with E-state index in [1.54, 1.807) is 6.07 Å². The minimum Gasteiger partial charge on any atom is -0.490 e. The quantitative estimate of drug-likeness (QED) is 0.827.